The smallest absolute Gasteiger partial charge is 0.242 e. The average Bonchev–Trinajstić information content (AvgIpc) is 4.21. The highest BCUT2D eigenvalue weighted by Crippen LogP contribution is 2.43. The second-order valence-corrected chi connectivity index (χ2v) is 24.1. The van der Waals surface area contributed by atoms with Crippen LogP contribution in [0.25, 0.3) is 54.7 Å². The molecule has 13 rings (SSSR count). The van der Waals surface area contributed by atoms with Crippen LogP contribution in [0.4, 0.5) is 0 Å². The summed E-state index contributed by atoms with van der Waals surface area (Å²) in [5.41, 5.74) is 19.6. The molecule has 3 saturated heterocycles. The number of hydrogen-bond donors (Lipinski definition) is 2. The minimum Gasteiger partial charge on any atom is -0.341 e. The Hall–Kier alpha value is -6.62. The van der Waals surface area contributed by atoms with Crippen molar-refractivity contribution in [3.05, 3.63) is 131 Å². The number of rotatable bonds is 19. The predicted molar refractivity (Wildman–Crippen MR) is 327 cm³/mol. The van der Waals surface area contributed by atoms with Gasteiger partial charge >= 0.3 is 0 Å². The van der Waals surface area contributed by atoms with Gasteiger partial charge in [0.2, 0.25) is 11.8 Å². The summed E-state index contributed by atoms with van der Waals surface area (Å²) in [6.07, 6.45) is 23.8. The minimum atomic E-state index is 0.0944. The Morgan fingerprint density at radius 3 is 1.90 bits per heavy atom. The summed E-state index contributed by atoms with van der Waals surface area (Å²) < 4.78 is 4.57. The van der Waals surface area contributed by atoms with Crippen LogP contribution in [0.2, 0.25) is 0 Å². The van der Waals surface area contributed by atoms with Gasteiger partial charge in [0, 0.05) is 129 Å². The third-order valence-electron chi connectivity index (χ3n) is 19.0. The Morgan fingerprint density at radius 2 is 1.20 bits per heavy atom. The lowest BCUT2D eigenvalue weighted by molar-refractivity contribution is -0.133. The molecule has 3 N–H and O–H groups in total. The van der Waals surface area contributed by atoms with Crippen molar-refractivity contribution in [2.24, 2.45) is 5.73 Å². The van der Waals surface area contributed by atoms with E-state index in [0.29, 0.717) is 26.2 Å². The van der Waals surface area contributed by atoms with Crippen molar-refractivity contribution in [1.82, 2.24) is 58.9 Å². The molecule has 6 aromatic heterocycles. The number of likely N-dealkylation sites (tertiary alicyclic amines) is 2. The number of benzene rings is 2. The number of nitrogens with two attached hydrogens (primary N) is 1. The van der Waals surface area contributed by atoms with E-state index < -0.39 is 0 Å². The Balaban J connectivity index is 0.876. The Bertz CT molecular complexity index is 3550. The maximum Gasteiger partial charge on any atom is 0.242 e. The van der Waals surface area contributed by atoms with E-state index in [0.717, 1.165) is 227 Å². The maximum absolute atomic E-state index is 14.5. The number of nitrogens with one attached hydrogen (secondary N) is 1. The number of aromatic nitrogens is 6. The zero-order chi connectivity index (χ0) is 55.4. The summed E-state index contributed by atoms with van der Waals surface area (Å²) in [4.78, 5) is 61.8. The minimum absolute atomic E-state index is 0.0944. The number of unbranched alkanes of at least 4 members (excludes halogenated alkanes) is 1. The van der Waals surface area contributed by atoms with Crippen LogP contribution in [-0.4, -0.2) is 144 Å². The van der Waals surface area contributed by atoms with Gasteiger partial charge in [-0.1, -0.05) is 36.4 Å². The molecule has 9 heterocycles. The molecule has 2 aliphatic carbocycles. The number of piperidine rings is 2. The van der Waals surface area contributed by atoms with Crippen LogP contribution in [0.3, 0.4) is 0 Å². The predicted octanol–water partition coefficient (Wildman–Crippen LogP) is 9.97. The fourth-order valence-corrected chi connectivity index (χ4v) is 14.9. The van der Waals surface area contributed by atoms with Gasteiger partial charge in [-0.15, -0.1) is 0 Å². The first-order chi connectivity index (χ1) is 40.5. The number of carbonyl (C=O) groups excluding carboxylic acids is 2. The van der Waals surface area contributed by atoms with Gasteiger partial charge in [-0.05, 0) is 169 Å². The van der Waals surface area contributed by atoms with Crippen LogP contribution in [0, 0.1) is 0 Å². The quantitative estimate of drug-likeness (QED) is 0.0746. The summed E-state index contributed by atoms with van der Waals surface area (Å²) in [6, 6.07) is 26.6. The molecule has 0 bridgehead atoms. The van der Waals surface area contributed by atoms with Gasteiger partial charge in [0.1, 0.15) is 13.1 Å². The van der Waals surface area contributed by atoms with Crippen molar-refractivity contribution in [3.8, 4) is 11.1 Å². The van der Waals surface area contributed by atoms with Crippen molar-refractivity contribution in [2.45, 2.75) is 135 Å². The SMILES string of the molecule is NCCCCN(Cc1nccc2c3c(-c4cnc5c(c4)CCC[C@@H]5N(CCCN4CCNCC4)Cc4nccc5c6ccccc6n(CC(=O)N6CCCCC6)c45)cccc3n(CC(=O)N3CCCCC3)c12)[C@H]1CCCc2cccnc21. The fourth-order valence-electron chi connectivity index (χ4n) is 14.9. The van der Waals surface area contributed by atoms with E-state index in [4.69, 9.17) is 25.7 Å². The highest BCUT2D eigenvalue weighted by Gasteiger charge is 2.33. The van der Waals surface area contributed by atoms with Gasteiger partial charge in [0.25, 0.3) is 0 Å². The number of piperazine rings is 1. The molecule has 82 heavy (non-hydrogen) atoms. The molecule has 428 valence electrons. The van der Waals surface area contributed by atoms with E-state index in [2.05, 4.69) is 118 Å². The first kappa shape index (κ1) is 54.6. The highest BCUT2D eigenvalue weighted by molar-refractivity contribution is 6.16. The molecule has 0 unspecified atom stereocenters. The van der Waals surface area contributed by atoms with Crippen LogP contribution in [-0.2, 0) is 48.6 Å². The van der Waals surface area contributed by atoms with Crippen LogP contribution in [0.15, 0.2) is 97.6 Å². The maximum atomic E-state index is 14.5. The number of amides is 2. The summed E-state index contributed by atoms with van der Waals surface area (Å²) in [7, 11) is 0. The molecule has 15 nitrogen and oxygen atoms in total. The molecule has 0 radical (unpaired) electrons. The van der Waals surface area contributed by atoms with Crippen molar-refractivity contribution in [3.63, 3.8) is 0 Å². The van der Waals surface area contributed by atoms with Crippen molar-refractivity contribution < 1.29 is 9.59 Å². The van der Waals surface area contributed by atoms with Crippen molar-refractivity contribution in [2.75, 3.05) is 78.5 Å². The molecule has 15 heteroatoms. The lowest BCUT2D eigenvalue weighted by Crippen LogP contribution is -2.44. The highest BCUT2D eigenvalue weighted by atomic mass is 16.2. The van der Waals surface area contributed by atoms with Crippen LogP contribution in [0.1, 0.15) is 129 Å². The van der Waals surface area contributed by atoms with E-state index in [9.17, 15) is 9.59 Å². The second-order valence-electron chi connectivity index (χ2n) is 24.1. The third kappa shape index (κ3) is 11.2. The first-order valence-corrected chi connectivity index (χ1v) is 31.3. The van der Waals surface area contributed by atoms with Gasteiger partial charge in [-0.3, -0.25) is 39.3 Å². The van der Waals surface area contributed by atoms with Gasteiger partial charge in [0.05, 0.1) is 51.4 Å². The number of para-hydroxylation sites is 1. The van der Waals surface area contributed by atoms with Crippen molar-refractivity contribution in [1.29, 1.82) is 0 Å². The van der Waals surface area contributed by atoms with Gasteiger partial charge in [-0.25, -0.2) is 0 Å². The molecule has 3 fully saturated rings. The van der Waals surface area contributed by atoms with E-state index in [1.807, 2.05) is 18.6 Å². The third-order valence-corrected chi connectivity index (χ3v) is 19.0. The second kappa shape index (κ2) is 25.1. The molecular weight excluding hydrogens is 1020 g/mol. The number of fused-ring (bicyclic) bond motifs is 8. The lowest BCUT2D eigenvalue weighted by atomic mass is 9.88. The van der Waals surface area contributed by atoms with Crippen LogP contribution in [0.5, 0.6) is 0 Å². The Kier molecular flexibility index (Phi) is 16.7. The summed E-state index contributed by atoms with van der Waals surface area (Å²) in [5, 5.41) is 8.12. The summed E-state index contributed by atoms with van der Waals surface area (Å²) in [6.45, 7) is 12.8. The number of hydrogen-bond acceptors (Lipinski definition) is 11. The summed E-state index contributed by atoms with van der Waals surface area (Å²) in [5.74, 6) is 0.357. The number of nitrogens with zero attached hydrogens (tertiary/aromatic N) is 11. The molecule has 2 atom stereocenters. The number of aryl methyl sites for hydroxylation is 2. The van der Waals surface area contributed by atoms with E-state index in [1.165, 1.54) is 29.7 Å². The zero-order valence-corrected chi connectivity index (χ0v) is 48.1. The van der Waals surface area contributed by atoms with Gasteiger partial charge in [-0.2, -0.15) is 0 Å². The topological polar surface area (TPSA) is 150 Å². The normalized spacial score (nSPS) is 19.0. The monoisotopic (exact) mass is 1100 g/mol. The number of pyridine rings is 4. The molecule has 3 aliphatic heterocycles. The van der Waals surface area contributed by atoms with Gasteiger partial charge < -0.3 is 34.9 Å². The van der Waals surface area contributed by atoms with Gasteiger partial charge in [0.15, 0.2) is 0 Å². The molecule has 0 saturated carbocycles. The Labute approximate surface area is 483 Å². The van der Waals surface area contributed by atoms with E-state index in [-0.39, 0.29) is 30.4 Å². The Morgan fingerprint density at radius 1 is 0.573 bits per heavy atom. The van der Waals surface area contributed by atoms with Crippen LogP contribution < -0.4 is 11.1 Å². The zero-order valence-electron chi connectivity index (χ0n) is 48.1. The van der Waals surface area contributed by atoms with E-state index >= 15 is 0 Å². The van der Waals surface area contributed by atoms with E-state index in [1.54, 1.807) is 0 Å². The molecule has 2 aromatic carbocycles. The molecule has 2 amide bonds. The molecule has 5 aliphatic rings. The number of carbonyl (C=O) groups is 2. The lowest BCUT2D eigenvalue weighted by Gasteiger charge is -2.36. The standard InChI is InChI=1S/C67H83N13O2/c68-27-5-10-38-77(59-23-11-16-48-18-14-28-72-64(48)59)45-56-67-54(26-30-71-56)63-51(20-13-22-58(63)80(67)47-62(82)76-36-8-2-9-37-76)50-42-49-17-12-24-60(65(49)73-43-50)78(39-15-33-74-40-31-69-32-41-74)44-55-66-53(25-29-70-55)52-19-3-4-21-57(52)79(66)46-61(81)75-34-6-1-7-35-75/h3-4,13-14,18-22,25-26,28-30,42-43,59-60,69H,1-2,5-12,15-17,23-24,27,31-41,44-47,68H2/t59-,60-/m0/s1. The summed E-state index contributed by atoms with van der Waals surface area (Å²) >= 11 is 0. The van der Waals surface area contributed by atoms with Crippen LogP contribution >= 0.6 is 0 Å². The van der Waals surface area contributed by atoms with Crippen molar-refractivity contribution >= 4 is 55.4 Å². The molecule has 8 aromatic rings. The fraction of sp³-hybridized carbons (Fsp3) is 0.493. The molecular formula is C67H83N13O2. The largest absolute Gasteiger partial charge is 0.341 e. The first-order valence-electron chi connectivity index (χ1n) is 31.3. The average molecular weight is 1100 g/mol. The molecule has 0 spiro atoms.